The van der Waals surface area contributed by atoms with Crippen molar-refractivity contribution in [1.29, 1.82) is 0 Å². The predicted octanol–water partition coefficient (Wildman–Crippen LogP) is 3.70. The number of halogens is 3. The molecule has 0 amide bonds. The smallest absolute Gasteiger partial charge is 0.141 e. The van der Waals surface area contributed by atoms with E-state index < -0.39 is 11.6 Å². The largest absolute Gasteiger partial charge is 0.487 e. The van der Waals surface area contributed by atoms with Gasteiger partial charge in [-0.25, -0.2) is 8.78 Å². The molecule has 0 aliphatic carbocycles. The molecule has 0 radical (unpaired) electrons. The third-order valence-corrected chi connectivity index (χ3v) is 3.15. The van der Waals surface area contributed by atoms with E-state index in [0.29, 0.717) is 23.7 Å². The van der Waals surface area contributed by atoms with Gasteiger partial charge in [0.1, 0.15) is 24.0 Å². The minimum atomic E-state index is -0.641. The number of hydrogen-bond acceptors (Lipinski definition) is 2. The van der Waals surface area contributed by atoms with Crippen molar-refractivity contribution in [3.63, 3.8) is 0 Å². The van der Waals surface area contributed by atoms with Crippen molar-refractivity contribution >= 4 is 11.6 Å². The Morgan fingerprint density at radius 1 is 1.10 bits per heavy atom. The molecule has 0 saturated carbocycles. The van der Waals surface area contributed by atoms with E-state index in [9.17, 15) is 8.78 Å². The number of nitrogens with two attached hydrogens (primary N) is 1. The lowest BCUT2D eigenvalue weighted by atomic mass is 10.1. The zero-order chi connectivity index (χ0) is 14.5. The molecule has 2 N–H and O–H groups in total. The van der Waals surface area contributed by atoms with Crippen molar-refractivity contribution in [3.8, 4) is 5.75 Å². The lowest BCUT2D eigenvalue weighted by Crippen LogP contribution is -2.06. The van der Waals surface area contributed by atoms with Gasteiger partial charge < -0.3 is 10.5 Å². The van der Waals surface area contributed by atoms with Gasteiger partial charge in [-0.15, -0.1) is 0 Å². The van der Waals surface area contributed by atoms with Crippen molar-refractivity contribution in [1.82, 2.24) is 0 Å². The topological polar surface area (TPSA) is 35.2 Å². The average Bonchev–Trinajstić information content (AvgIpc) is 2.40. The highest BCUT2D eigenvalue weighted by Gasteiger charge is 2.10. The third kappa shape index (κ3) is 3.46. The Kier molecular flexibility index (Phi) is 4.93. The van der Waals surface area contributed by atoms with Crippen molar-refractivity contribution in [2.45, 2.75) is 13.0 Å². The second-order valence-electron chi connectivity index (χ2n) is 4.29. The van der Waals surface area contributed by atoms with Crippen LogP contribution in [0, 0.1) is 11.6 Å². The fourth-order valence-corrected chi connectivity index (χ4v) is 2.10. The Morgan fingerprint density at radius 2 is 1.90 bits per heavy atom. The number of para-hydroxylation sites is 1. The standard InChI is InChI=1S/C15H14ClF2NO/c16-13-3-1-2-10(6-7-19)15(13)20-9-11-4-5-12(17)8-14(11)18/h1-5,8H,6-7,9,19H2. The number of hydrogen-bond donors (Lipinski definition) is 1. The Balaban J connectivity index is 2.18. The maximum Gasteiger partial charge on any atom is 0.141 e. The fourth-order valence-electron chi connectivity index (χ4n) is 1.86. The van der Waals surface area contributed by atoms with Gasteiger partial charge in [0.05, 0.1) is 5.02 Å². The molecule has 0 aliphatic heterocycles. The van der Waals surface area contributed by atoms with Crippen LogP contribution in [0.15, 0.2) is 36.4 Å². The van der Waals surface area contributed by atoms with Gasteiger partial charge in [-0.1, -0.05) is 23.7 Å². The molecular weight excluding hydrogens is 284 g/mol. The molecule has 0 spiro atoms. The summed E-state index contributed by atoms with van der Waals surface area (Å²) in [4.78, 5) is 0. The van der Waals surface area contributed by atoms with Crippen LogP contribution in [-0.4, -0.2) is 6.54 Å². The zero-order valence-corrected chi connectivity index (χ0v) is 11.5. The van der Waals surface area contributed by atoms with Gasteiger partial charge in [0.15, 0.2) is 0 Å². The van der Waals surface area contributed by atoms with E-state index >= 15 is 0 Å². The van der Waals surface area contributed by atoms with Crippen LogP contribution in [0.1, 0.15) is 11.1 Å². The van der Waals surface area contributed by atoms with Crippen LogP contribution in [0.25, 0.3) is 0 Å². The highest BCUT2D eigenvalue weighted by Crippen LogP contribution is 2.30. The van der Waals surface area contributed by atoms with E-state index in [-0.39, 0.29) is 12.2 Å². The summed E-state index contributed by atoms with van der Waals surface area (Å²) < 4.78 is 31.9. The van der Waals surface area contributed by atoms with Gasteiger partial charge in [0.25, 0.3) is 0 Å². The molecule has 0 aromatic heterocycles. The summed E-state index contributed by atoms with van der Waals surface area (Å²) in [5, 5.41) is 0.443. The molecule has 0 atom stereocenters. The maximum atomic E-state index is 13.5. The van der Waals surface area contributed by atoms with Gasteiger partial charge in [-0.05, 0) is 36.7 Å². The minimum Gasteiger partial charge on any atom is -0.487 e. The lowest BCUT2D eigenvalue weighted by molar-refractivity contribution is 0.296. The van der Waals surface area contributed by atoms with Crippen LogP contribution in [0.3, 0.4) is 0 Å². The number of benzene rings is 2. The highest BCUT2D eigenvalue weighted by molar-refractivity contribution is 6.32. The number of rotatable bonds is 5. The van der Waals surface area contributed by atoms with E-state index in [1.165, 1.54) is 12.1 Å². The zero-order valence-electron chi connectivity index (χ0n) is 10.7. The molecule has 0 aliphatic rings. The van der Waals surface area contributed by atoms with Gasteiger partial charge in [-0.3, -0.25) is 0 Å². The summed E-state index contributed by atoms with van der Waals surface area (Å²) in [6.07, 6.45) is 0.613. The van der Waals surface area contributed by atoms with Crippen LogP contribution < -0.4 is 10.5 Å². The molecule has 20 heavy (non-hydrogen) atoms. The first-order valence-corrected chi connectivity index (χ1v) is 6.54. The second kappa shape index (κ2) is 6.68. The Hall–Kier alpha value is -1.65. The molecule has 0 unspecified atom stereocenters. The van der Waals surface area contributed by atoms with Gasteiger partial charge >= 0.3 is 0 Å². The van der Waals surface area contributed by atoms with Crippen LogP contribution in [0.2, 0.25) is 5.02 Å². The molecule has 106 valence electrons. The molecular formula is C15H14ClF2NO. The Bertz CT molecular complexity index is 604. The molecule has 0 heterocycles. The van der Waals surface area contributed by atoms with E-state index in [2.05, 4.69) is 0 Å². The molecule has 0 fully saturated rings. The van der Waals surface area contributed by atoms with Crippen molar-refractivity contribution in [3.05, 3.63) is 64.2 Å². The molecule has 2 rings (SSSR count). The van der Waals surface area contributed by atoms with Crippen molar-refractivity contribution < 1.29 is 13.5 Å². The van der Waals surface area contributed by atoms with Gasteiger partial charge in [0, 0.05) is 11.6 Å². The Morgan fingerprint density at radius 3 is 2.60 bits per heavy atom. The fraction of sp³-hybridized carbons (Fsp3) is 0.200. The molecule has 2 aromatic carbocycles. The second-order valence-corrected chi connectivity index (χ2v) is 4.70. The van der Waals surface area contributed by atoms with Crippen LogP contribution in [-0.2, 0) is 13.0 Å². The Labute approximate surface area is 121 Å². The highest BCUT2D eigenvalue weighted by atomic mass is 35.5. The first kappa shape index (κ1) is 14.8. The van der Waals surface area contributed by atoms with E-state index in [1.807, 2.05) is 6.07 Å². The van der Waals surface area contributed by atoms with Gasteiger partial charge in [0.2, 0.25) is 0 Å². The molecule has 5 heteroatoms. The van der Waals surface area contributed by atoms with Gasteiger partial charge in [-0.2, -0.15) is 0 Å². The summed E-state index contributed by atoms with van der Waals surface area (Å²) >= 11 is 6.08. The molecule has 0 bridgehead atoms. The summed E-state index contributed by atoms with van der Waals surface area (Å²) in [7, 11) is 0. The molecule has 2 aromatic rings. The van der Waals surface area contributed by atoms with Crippen molar-refractivity contribution in [2.75, 3.05) is 6.54 Å². The van der Waals surface area contributed by atoms with Crippen molar-refractivity contribution in [2.24, 2.45) is 5.73 Å². The maximum absolute atomic E-state index is 13.5. The van der Waals surface area contributed by atoms with Crippen LogP contribution in [0.4, 0.5) is 8.78 Å². The minimum absolute atomic E-state index is 0.0204. The summed E-state index contributed by atoms with van der Waals surface area (Å²) in [5.41, 5.74) is 6.66. The average molecular weight is 298 g/mol. The van der Waals surface area contributed by atoms with Crippen LogP contribution in [0.5, 0.6) is 5.75 Å². The first-order valence-electron chi connectivity index (χ1n) is 6.16. The monoisotopic (exact) mass is 297 g/mol. The van der Waals surface area contributed by atoms with E-state index in [1.54, 1.807) is 12.1 Å². The predicted molar refractivity (Wildman–Crippen MR) is 74.9 cm³/mol. The van der Waals surface area contributed by atoms with E-state index in [4.69, 9.17) is 22.1 Å². The normalized spacial score (nSPS) is 10.6. The lowest BCUT2D eigenvalue weighted by Gasteiger charge is -2.13. The quantitative estimate of drug-likeness (QED) is 0.913. The summed E-state index contributed by atoms with van der Waals surface area (Å²) in [5.74, 6) is -0.770. The summed E-state index contributed by atoms with van der Waals surface area (Å²) in [6.45, 7) is 0.440. The third-order valence-electron chi connectivity index (χ3n) is 2.85. The first-order chi connectivity index (χ1) is 9.61. The number of ether oxygens (including phenoxy) is 1. The molecule has 2 nitrogen and oxygen atoms in total. The van der Waals surface area contributed by atoms with E-state index in [0.717, 1.165) is 11.6 Å². The molecule has 0 saturated heterocycles. The summed E-state index contributed by atoms with van der Waals surface area (Å²) in [6, 6.07) is 8.72. The SMILES string of the molecule is NCCc1cccc(Cl)c1OCc1ccc(F)cc1F. The van der Waals surface area contributed by atoms with Crippen LogP contribution >= 0.6 is 11.6 Å².